The van der Waals surface area contributed by atoms with Crippen LogP contribution in [0.25, 0.3) is 0 Å². The van der Waals surface area contributed by atoms with Crippen LogP contribution >= 0.6 is 0 Å². The Morgan fingerprint density at radius 1 is 1.22 bits per heavy atom. The first kappa shape index (κ1) is 21.5. The molecule has 1 aliphatic rings. The molecule has 1 N–H and O–H groups in total. The molecule has 0 aliphatic carbocycles. The maximum absolute atomic E-state index is 12.9. The van der Waals surface area contributed by atoms with Crippen LogP contribution in [0.3, 0.4) is 0 Å². The van der Waals surface area contributed by atoms with Crippen LogP contribution in [0.15, 0.2) is 9.52 Å². The maximum atomic E-state index is 12.9. The number of piperazine rings is 1. The highest BCUT2D eigenvalue weighted by atomic mass is 19.4. The minimum atomic E-state index is -4.19. The Hall–Kier alpha value is -1.84. The predicted molar refractivity (Wildman–Crippen MR) is 96.7 cm³/mol. The lowest BCUT2D eigenvalue weighted by atomic mass is 10.2. The molecule has 1 aromatic rings. The van der Waals surface area contributed by atoms with Gasteiger partial charge in [0.25, 0.3) is 0 Å². The van der Waals surface area contributed by atoms with Gasteiger partial charge in [0.05, 0.1) is 6.54 Å². The molecule has 1 saturated heterocycles. The zero-order chi connectivity index (χ0) is 20.0. The molecule has 0 aromatic carbocycles. The topological polar surface area (TPSA) is 69.8 Å². The van der Waals surface area contributed by atoms with Gasteiger partial charge in [-0.15, -0.1) is 0 Å². The number of hydrogen-bond donors (Lipinski definition) is 1. The summed E-state index contributed by atoms with van der Waals surface area (Å²) in [4.78, 5) is 12.4. The number of hydrogen-bond acceptors (Lipinski definition) is 5. The number of halogens is 3. The van der Waals surface area contributed by atoms with E-state index in [0.29, 0.717) is 63.4 Å². The van der Waals surface area contributed by atoms with Gasteiger partial charge in [0, 0.05) is 45.1 Å². The van der Waals surface area contributed by atoms with Crippen LogP contribution in [0.2, 0.25) is 0 Å². The number of guanidine groups is 1. The summed E-state index contributed by atoms with van der Waals surface area (Å²) in [6.07, 6.45) is -3.67. The Kier molecular flexibility index (Phi) is 7.46. The van der Waals surface area contributed by atoms with Gasteiger partial charge in [-0.25, -0.2) is 0 Å². The molecule has 0 bridgehead atoms. The molecule has 1 fully saturated rings. The van der Waals surface area contributed by atoms with E-state index in [0.717, 1.165) is 0 Å². The summed E-state index contributed by atoms with van der Waals surface area (Å²) in [5, 5.41) is 7.13. The molecule has 0 radical (unpaired) electrons. The third kappa shape index (κ3) is 6.08. The molecule has 0 amide bonds. The summed E-state index contributed by atoms with van der Waals surface area (Å²) in [6.45, 7) is 10.0. The Morgan fingerprint density at radius 2 is 1.89 bits per heavy atom. The van der Waals surface area contributed by atoms with E-state index >= 15 is 0 Å². The van der Waals surface area contributed by atoms with Crippen LogP contribution in [0.5, 0.6) is 0 Å². The molecule has 7 nitrogen and oxygen atoms in total. The SMILES string of the molecule is CCNC(=NCCc1nc(C(C)C)no1)N1CCN(C(C)C(F)(F)F)CC1. The second kappa shape index (κ2) is 9.38. The van der Waals surface area contributed by atoms with Crippen molar-refractivity contribution in [2.24, 2.45) is 4.99 Å². The number of nitrogens with zero attached hydrogens (tertiary/aromatic N) is 5. The summed E-state index contributed by atoms with van der Waals surface area (Å²) < 4.78 is 43.8. The Balaban J connectivity index is 1.90. The lowest BCUT2D eigenvalue weighted by molar-refractivity contribution is -0.181. The first-order valence-electron chi connectivity index (χ1n) is 9.38. The van der Waals surface area contributed by atoms with Crippen molar-refractivity contribution in [3.05, 3.63) is 11.7 Å². The normalized spacial score (nSPS) is 18.2. The Labute approximate surface area is 158 Å². The average Bonchev–Trinajstić information content (AvgIpc) is 3.09. The van der Waals surface area contributed by atoms with E-state index in [1.54, 1.807) is 0 Å². The van der Waals surface area contributed by atoms with E-state index < -0.39 is 12.2 Å². The third-order valence-electron chi connectivity index (χ3n) is 4.56. The van der Waals surface area contributed by atoms with Crippen LogP contribution < -0.4 is 5.32 Å². The fraction of sp³-hybridized carbons (Fsp3) is 0.824. The van der Waals surface area contributed by atoms with E-state index in [4.69, 9.17) is 4.52 Å². The molecule has 2 rings (SSSR count). The van der Waals surface area contributed by atoms with Crippen molar-refractivity contribution in [2.45, 2.75) is 52.3 Å². The standard InChI is InChI=1S/C17H29F3N6O/c1-5-21-16(22-7-6-14-23-15(12(2)3)24-27-14)26-10-8-25(9-11-26)13(4)17(18,19)20/h12-13H,5-11H2,1-4H3,(H,21,22). The summed E-state index contributed by atoms with van der Waals surface area (Å²) in [5.41, 5.74) is 0. The molecule has 10 heteroatoms. The van der Waals surface area contributed by atoms with Crippen molar-refractivity contribution in [2.75, 3.05) is 39.3 Å². The highest BCUT2D eigenvalue weighted by Gasteiger charge is 2.41. The van der Waals surface area contributed by atoms with E-state index in [1.165, 1.54) is 11.8 Å². The first-order chi connectivity index (χ1) is 12.7. The number of nitrogens with one attached hydrogen (secondary N) is 1. The molecule has 0 spiro atoms. The first-order valence-corrected chi connectivity index (χ1v) is 9.38. The van der Waals surface area contributed by atoms with Crippen molar-refractivity contribution in [3.63, 3.8) is 0 Å². The van der Waals surface area contributed by atoms with Crippen molar-refractivity contribution < 1.29 is 17.7 Å². The summed E-state index contributed by atoms with van der Waals surface area (Å²) in [5.74, 6) is 2.14. The van der Waals surface area contributed by atoms with Gasteiger partial charge in [-0.05, 0) is 13.8 Å². The fourth-order valence-electron chi connectivity index (χ4n) is 2.82. The van der Waals surface area contributed by atoms with Crippen molar-refractivity contribution in [3.8, 4) is 0 Å². The molecule has 2 heterocycles. The van der Waals surface area contributed by atoms with Crippen LogP contribution in [0, 0.1) is 0 Å². The Bertz CT molecular complexity index is 608. The number of aliphatic imine (C=N–C) groups is 1. The monoisotopic (exact) mass is 390 g/mol. The molecular weight excluding hydrogens is 361 g/mol. The smallest absolute Gasteiger partial charge is 0.357 e. The molecule has 1 atom stereocenters. The molecule has 1 aliphatic heterocycles. The molecular formula is C17H29F3N6O. The van der Waals surface area contributed by atoms with Gasteiger partial charge in [-0.2, -0.15) is 18.2 Å². The largest absolute Gasteiger partial charge is 0.403 e. The summed E-state index contributed by atoms with van der Waals surface area (Å²) in [7, 11) is 0. The van der Waals surface area contributed by atoms with Gasteiger partial charge in [-0.3, -0.25) is 9.89 Å². The van der Waals surface area contributed by atoms with E-state index in [2.05, 4.69) is 20.4 Å². The van der Waals surface area contributed by atoms with Gasteiger partial charge in [0.1, 0.15) is 6.04 Å². The Morgan fingerprint density at radius 3 is 2.41 bits per heavy atom. The molecule has 1 unspecified atom stereocenters. The minimum Gasteiger partial charge on any atom is -0.357 e. The van der Waals surface area contributed by atoms with Gasteiger partial charge in [0.15, 0.2) is 11.8 Å². The van der Waals surface area contributed by atoms with Crippen LogP contribution in [0.4, 0.5) is 13.2 Å². The van der Waals surface area contributed by atoms with Crippen LogP contribution in [0.1, 0.15) is 45.3 Å². The second-order valence-corrected chi connectivity index (χ2v) is 6.93. The maximum Gasteiger partial charge on any atom is 0.403 e. The van der Waals surface area contributed by atoms with Gasteiger partial charge in [-0.1, -0.05) is 19.0 Å². The highest BCUT2D eigenvalue weighted by Crippen LogP contribution is 2.25. The summed E-state index contributed by atoms with van der Waals surface area (Å²) >= 11 is 0. The van der Waals surface area contributed by atoms with Crippen LogP contribution in [-0.4, -0.2) is 77.4 Å². The van der Waals surface area contributed by atoms with Crippen molar-refractivity contribution in [1.29, 1.82) is 0 Å². The second-order valence-electron chi connectivity index (χ2n) is 6.93. The van der Waals surface area contributed by atoms with Crippen LogP contribution in [-0.2, 0) is 6.42 Å². The highest BCUT2D eigenvalue weighted by molar-refractivity contribution is 5.80. The van der Waals surface area contributed by atoms with Gasteiger partial charge < -0.3 is 14.7 Å². The van der Waals surface area contributed by atoms with E-state index in [1.807, 2.05) is 25.7 Å². The molecule has 0 saturated carbocycles. The van der Waals surface area contributed by atoms with Crippen molar-refractivity contribution >= 4 is 5.96 Å². The lowest BCUT2D eigenvalue weighted by Gasteiger charge is -2.39. The van der Waals surface area contributed by atoms with Gasteiger partial charge in [0.2, 0.25) is 5.89 Å². The zero-order valence-corrected chi connectivity index (χ0v) is 16.4. The summed E-state index contributed by atoms with van der Waals surface area (Å²) in [6, 6.07) is -1.42. The third-order valence-corrected chi connectivity index (χ3v) is 4.56. The molecule has 1 aromatic heterocycles. The quantitative estimate of drug-likeness (QED) is 0.594. The molecule has 27 heavy (non-hydrogen) atoms. The van der Waals surface area contributed by atoms with Crippen molar-refractivity contribution in [1.82, 2.24) is 25.3 Å². The zero-order valence-electron chi connectivity index (χ0n) is 16.4. The number of aromatic nitrogens is 2. The predicted octanol–water partition coefficient (Wildman–Crippen LogP) is 2.27. The average molecular weight is 390 g/mol. The van der Waals surface area contributed by atoms with E-state index in [-0.39, 0.29) is 5.92 Å². The molecule has 154 valence electrons. The minimum absolute atomic E-state index is 0.207. The number of rotatable bonds is 6. The fourth-order valence-corrected chi connectivity index (χ4v) is 2.82. The lowest BCUT2D eigenvalue weighted by Crippen LogP contribution is -2.56. The van der Waals surface area contributed by atoms with E-state index in [9.17, 15) is 13.2 Å². The number of alkyl halides is 3. The van der Waals surface area contributed by atoms with Gasteiger partial charge >= 0.3 is 6.18 Å².